The van der Waals surface area contributed by atoms with Crippen molar-refractivity contribution in [2.45, 2.75) is 0 Å². The lowest BCUT2D eigenvalue weighted by molar-refractivity contribution is -0.307. The maximum Gasteiger partial charge on any atom is 0.185 e. The van der Waals surface area contributed by atoms with E-state index in [-0.39, 0.29) is 11.5 Å². The molecule has 0 amide bonds. The Balaban J connectivity index is 2.15. The molecule has 2 aromatic rings. The summed E-state index contributed by atoms with van der Waals surface area (Å²) in [5, 5.41) is 10.4. The highest BCUT2D eigenvalue weighted by molar-refractivity contribution is 6.07. The molecule has 0 radical (unpaired) electrons. The minimum absolute atomic E-state index is 0.253. The highest BCUT2D eigenvalue weighted by Gasteiger charge is 2.06. The van der Waals surface area contributed by atoms with Gasteiger partial charge in [0, 0.05) is 17.2 Å². The van der Waals surface area contributed by atoms with E-state index < -0.39 is 12.6 Å². The first-order valence-corrected chi connectivity index (χ1v) is 7.40. The van der Waals surface area contributed by atoms with Crippen molar-refractivity contribution in [3.05, 3.63) is 59.7 Å². The highest BCUT2D eigenvalue weighted by Crippen LogP contribution is 2.25. The number of aliphatic carboxylic acids is 1. The lowest BCUT2D eigenvalue weighted by Crippen LogP contribution is -2.28. The van der Waals surface area contributed by atoms with E-state index in [1.54, 1.807) is 49.6 Å². The van der Waals surface area contributed by atoms with Gasteiger partial charge in [-0.05, 0) is 36.4 Å². The maximum atomic E-state index is 12.3. The maximum absolute atomic E-state index is 12.3. The van der Waals surface area contributed by atoms with Crippen LogP contribution in [0.3, 0.4) is 0 Å². The Bertz CT molecular complexity index is 794. The molecule has 0 spiro atoms. The molecule has 6 heteroatoms. The monoisotopic (exact) mass is 341 g/mol. The van der Waals surface area contributed by atoms with Crippen molar-refractivity contribution in [1.82, 2.24) is 0 Å². The molecule has 0 saturated heterocycles. The molecule has 0 aliphatic carbocycles. The van der Waals surface area contributed by atoms with Crippen LogP contribution >= 0.6 is 0 Å². The minimum atomic E-state index is -1.33. The van der Waals surface area contributed by atoms with Crippen molar-refractivity contribution in [3.8, 4) is 17.2 Å². The number of rotatable bonds is 8. The van der Waals surface area contributed by atoms with Gasteiger partial charge in [0.25, 0.3) is 0 Å². The van der Waals surface area contributed by atoms with Crippen LogP contribution in [0.15, 0.2) is 48.5 Å². The van der Waals surface area contributed by atoms with Crippen molar-refractivity contribution < 1.29 is 28.9 Å². The molecule has 0 heterocycles. The summed E-state index contributed by atoms with van der Waals surface area (Å²) in [5.74, 6) is -0.0713. The number of allylic oxidation sites excluding steroid dienone is 1. The summed E-state index contributed by atoms with van der Waals surface area (Å²) < 4.78 is 15.4. The van der Waals surface area contributed by atoms with Crippen LogP contribution in [0.4, 0.5) is 0 Å². The summed E-state index contributed by atoms with van der Waals surface area (Å²) in [6.45, 7) is -0.573. The summed E-state index contributed by atoms with van der Waals surface area (Å²) in [5.41, 5.74) is 1.10. The molecular weight excluding hydrogens is 324 g/mol. The number of methoxy groups -OCH3 is 2. The van der Waals surface area contributed by atoms with Crippen molar-refractivity contribution in [1.29, 1.82) is 0 Å². The number of ketones is 1. The number of benzene rings is 2. The summed E-state index contributed by atoms with van der Waals surface area (Å²) in [7, 11) is 3.09. The quantitative estimate of drug-likeness (QED) is 0.537. The molecule has 0 unspecified atom stereocenters. The molecule has 0 bridgehead atoms. The van der Waals surface area contributed by atoms with Gasteiger partial charge in [0.05, 0.1) is 20.2 Å². The predicted octanol–water partition coefficient (Wildman–Crippen LogP) is 1.73. The molecule has 0 aliphatic heterocycles. The summed E-state index contributed by atoms with van der Waals surface area (Å²) >= 11 is 0. The standard InChI is InChI=1S/C19H18O6/c1-23-15-8-6-13(18(11-15)24-2)7-9-17(20)14-4-3-5-16(10-14)25-12-19(21)22/h3-11H,12H2,1-2H3,(H,21,22)/p-1/b9-7+. The van der Waals surface area contributed by atoms with Gasteiger partial charge in [0.1, 0.15) is 23.9 Å². The van der Waals surface area contributed by atoms with Crippen LogP contribution in [0.5, 0.6) is 17.2 Å². The van der Waals surface area contributed by atoms with Gasteiger partial charge in [0.15, 0.2) is 5.78 Å². The lowest BCUT2D eigenvalue weighted by atomic mass is 10.1. The zero-order chi connectivity index (χ0) is 18.2. The first-order valence-electron chi connectivity index (χ1n) is 7.40. The van der Waals surface area contributed by atoms with Gasteiger partial charge in [-0.2, -0.15) is 0 Å². The molecule has 0 saturated carbocycles. The molecule has 0 aromatic heterocycles. The number of carbonyl (C=O) groups is 2. The van der Waals surface area contributed by atoms with Gasteiger partial charge >= 0.3 is 0 Å². The average Bonchev–Trinajstić information content (AvgIpc) is 2.64. The van der Waals surface area contributed by atoms with Crippen LogP contribution in [0.2, 0.25) is 0 Å². The average molecular weight is 341 g/mol. The van der Waals surface area contributed by atoms with Gasteiger partial charge in [-0.1, -0.05) is 12.1 Å². The van der Waals surface area contributed by atoms with Gasteiger partial charge in [0.2, 0.25) is 0 Å². The van der Waals surface area contributed by atoms with Crippen LogP contribution < -0.4 is 19.3 Å². The fourth-order valence-corrected chi connectivity index (χ4v) is 2.10. The van der Waals surface area contributed by atoms with Gasteiger partial charge < -0.3 is 24.1 Å². The highest BCUT2D eigenvalue weighted by atomic mass is 16.5. The smallest absolute Gasteiger partial charge is 0.185 e. The molecule has 2 rings (SSSR count). The third kappa shape index (κ3) is 5.10. The normalized spacial score (nSPS) is 10.5. The Morgan fingerprint density at radius 3 is 2.52 bits per heavy atom. The Hall–Kier alpha value is -3.28. The molecule has 0 N–H and O–H groups in total. The first-order chi connectivity index (χ1) is 12.0. The molecule has 25 heavy (non-hydrogen) atoms. The summed E-state index contributed by atoms with van der Waals surface area (Å²) in [6.07, 6.45) is 3.04. The van der Waals surface area contributed by atoms with E-state index in [9.17, 15) is 14.7 Å². The summed E-state index contributed by atoms with van der Waals surface area (Å²) in [6, 6.07) is 11.5. The number of carboxylic acid groups (broad SMARTS) is 1. The predicted molar refractivity (Wildman–Crippen MR) is 89.9 cm³/mol. The van der Waals surface area contributed by atoms with E-state index >= 15 is 0 Å². The molecule has 6 nitrogen and oxygen atoms in total. The molecule has 0 atom stereocenters. The van der Waals surface area contributed by atoms with E-state index in [4.69, 9.17) is 14.2 Å². The van der Waals surface area contributed by atoms with Crippen LogP contribution in [-0.2, 0) is 4.79 Å². The largest absolute Gasteiger partial charge is 0.546 e. The van der Waals surface area contributed by atoms with E-state index in [0.717, 1.165) is 5.56 Å². The Morgan fingerprint density at radius 2 is 1.84 bits per heavy atom. The number of carbonyl (C=O) groups excluding carboxylic acids is 2. The number of carboxylic acids is 1. The van der Waals surface area contributed by atoms with Crippen LogP contribution in [-0.4, -0.2) is 32.6 Å². The van der Waals surface area contributed by atoms with E-state index in [1.165, 1.54) is 19.3 Å². The fourth-order valence-electron chi connectivity index (χ4n) is 2.10. The number of hydrogen-bond donors (Lipinski definition) is 0. The second kappa shape index (κ2) is 8.54. The van der Waals surface area contributed by atoms with E-state index in [0.29, 0.717) is 17.1 Å². The molecular formula is C19H17O6-. The fraction of sp³-hybridized carbons (Fsp3) is 0.158. The Kier molecular flexibility index (Phi) is 6.17. The zero-order valence-electron chi connectivity index (χ0n) is 13.9. The first kappa shape index (κ1) is 18.1. The zero-order valence-corrected chi connectivity index (χ0v) is 13.9. The van der Waals surface area contributed by atoms with E-state index in [1.807, 2.05) is 0 Å². The van der Waals surface area contributed by atoms with Crippen molar-refractivity contribution in [3.63, 3.8) is 0 Å². The van der Waals surface area contributed by atoms with Crippen molar-refractivity contribution in [2.75, 3.05) is 20.8 Å². The third-order valence-corrected chi connectivity index (χ3v) is 3.33. The summed E-state index contributed by atoms with van der Waals surface area (Å²) in [4.78, 5) is 22.7. The van der Waals surface area contributed by atoms with Crippen LogP contribution in [0.1, 0.15) is 15.9 Å². The van der Waals surface area contributed by atoms with Gasteiger partial charge in [-0.15, -0.1) is 0 Å². The van der Waals surface area contributed by atoms with Crippen molar-refractivity contribution in [2.24, 2.45) is 0 Å². The van der Waals surface area contributed by atoms with Gasteiger partial charge in [-0.3, -0.25) is 4.79 Å². The second-order valence-corrected chi connectivity index (χ2v) is 4.99. The lowest BCUT2D eigenvalue weighted by Gasteiger charge is -2.08. The molecule has 0 fully saturated rings. The second-order valence-electron chi connectivity index (χ2n) is 4.99. The van der Waals surface area contributed by atoms with Crippen LogP contribution in [0, 0.1) is 0 Å². The number of hydrogen-bond acceptors (Lipinski definition) is 6. The Morgan fingerprint density at radius 1 is 1.04 bits per heavy atom. The molecule has 0 aliphatic rings. The van der Waals surface area contributed by atoms with Crippen molar-refractivity contribution >= 4 is 17.8 Å². The minimum Gasteiger partial charge on any atom is -0.546 e. The van der Waals surface area contributed by atoms with E-state index in [2.05, 4.69) is 0 Å². The topological polar surface area (TPSA) is 84.9 Å². The van der Waals surface area contributed by atoms with Gasteiger partial charge in [-0.25, -0.2) is 0 Å². The Labute approximate surface area is 145 Å². The third-order valence-electron chi connectivity index (χ3n) is 3.33. The number of ether oxygens (including phenoxy) is 3. The molecule has 130 valence electrons. The SMILES string of the molecule is COc1ccc(/C=C/C(=O)c2cccc(OCC(=O)[O-])c2)c(OC)c1. The molecule has 2 aromatic carbocycles. The van der Waals surface area contributed by atoms with Crippen LogP contribution in [0.25, 0.3) is 6.08 Å².